The van der Waals surface area contributed by atoms with E-state index in [2.05, 4.69) is 20.4 Å². The maximum absolute atomic E-state index is 9.76. The van der Waals surface area contributed by atoms with Gasteiger partial charge in [-0.2, -0.15) is 5.10 Å². The fraction of sp³-hybridized carbons (Fsp3) is 0.714. The van der Waals surface area contributed by atoms with Crippen molar-refractivity contribution in [1.29, 1.82) is 0 Å². The molecule has 0 amide bonds. The number of aliphatic hydroxyl groups is 1. The smallest absolute Gasteiger partial charge is 0.151 e. The first-order chi connectivity index (χ1) is 9.22. The van der Waals surface area contributed by atoms with Crippen LogP contribution in [0.25, 0.3) is 0 Å². The van der Waals surface area contributed by atoms with E-state index in [-0.39, 0.29) is 6.10 Å². The Bertz CT molecular complexity index is 416. The van der Waals surface area contributed by atoms with Crippen LogP contribution >= 0.6 is 0 Å². The minimum atomic E-state index is -0.140. The summed E-state index contributed by atoms with van der Waals surface area (Å²) in [6, 6.07) is 4.35. The molecule has 2 aliphatic rings. The molecule has 1 aromatic rings. The van der Waals surface area contributed by atoms with Crippen LogP contribution in [0.4, 0.5) is 5.82 Å². The topological polar surface area (TPSA) is 61.3 Å². The normalized spacial score (nSPS) is 27.6. The number of hydrogen-bond acceptors (Lipinski definition) is 5. The maximum atomic E-state index is 9.76. The van der Waals surface area contributed by atoms with Gasteiger partial charge in [-0.05, 0) is 38.3 Å². The summed E-state index contributed by atoms with van der Waals surface area (Å²) in [6.07, 6.45) is 3.07. The highest BCUT2D eigenvalue weighted by Crippen LogP contribution is 2.23. The molecule has 5 heteroatoms. The summed E-state index contributed by atoms with van der Waals surface area (Å²) in [7, 11) is 0. The number of rotatable bonds is 4. The van der Waals surface area contributed by atoms with Crippen LogP contribution in [0.15, 0.2) is 12.1 Å². The molecule has 3 rings (SSSR count). The van der Waals surface area contributed by atoms with Crippen molar-refractivity contribution in [3.63, 3.8) is 0 Å². The Morgan fingerprint density at radius 3 is 2.79 bits per heavy atom. The molecule has 2 atom stereocenters. The van der Waals surface area contributed by atoms with E-state index in [4.69, 9.17) is 0 Å². The molecule has 1 aromatic heterocycles. The molecule has 1 saturated carbocycles. The third kappa shape index (κ3) is 2.87. The van der Waals surface area contributed by atoms with Crippen molar-refractivity contribution < 1.29 is 5.11 Å². The monoisotopic (exact) mass is 262 g/mol. The summed E-state index contributed by atoms with van der Waals surface area (Å²) in [5, 5.41) is 21.5. The second kappa shape index (κ2) is 5.43. The molecule has 2 unspecified atom stereocenters. The summed E-state index contributed by atoms with van der Waals surface area (Å²) in [4.78, 5) is 2.25. The largest absolute Gasteiger partial charge is 0.392 e. The van der Waals surface area contributed by atoms with Crippen molar-refractivity contribution in [2.75, 3.05) is 24.5 Å². The number of aliphatic hydroxyl groups excluding tert-OH is 1. The molecular formula is C14H22N4O. The summed E-state index contributed by atoms with van der Waals surface area (Å²) in [6.45, 7) is 5.02. The predicted molar refractivity (Wildman–Crippen MR) is 74.1 cm³/mol. The number of anilines is 1. The molecule has 2 N–H and O–H groups in total. The predicted octanol–water partition coefficient (Wildman–Crippen LogP) is 0.724. The van der Waals surface area contributed by atoms with Gasteiger partial charge in [0.1, 0.15) is 0 Å². The average Bonchev–Trinajstić information content (AvgIpc) is 2.75. The zero-order valence-electron chi connectivity index (χ0n) is 11.4. The van der Waals surface area contributed by atoms with Gasteiger partial charge in [-0.3, -0.25) is 0 Å². The van der Waals surface area contributed by atoms with E-state index in [0.717, 1.165) is 50.4 Å². The van der Waals surface area contributed by atoms with Crippen LogP contribution in [0, 0.1) is 12.8 Å². The van der Waals surface area contributed by atoms with Crippen LogP contribution in [0.1, 0.15) is 25.0 Å². The van der Waals surface area contributed by atoms with Crippen molar-refractivity contribution in [3.05, 3.63) is 17.8 Å². The molecule has 0 bridgehead atoms. The molecule has 19 heavy (non-hydrogen) atoms. The van der Waals surface area contributed by atoms with Crippen LogP contribution in [0.2, 0.25) is 0 Å². The first-order valence-corrected chi connectivity index (χ1v) is 7.19. The fourth-order valence-corrected chi connectivity index (χ4v) is 2.94. The Morgan fingerprint density at radius 1 is 1.32 bits per heavy atom. The lowest BCUT2D eigenvalue weighted by Crippen LogP contribution is -2.53. The van der Waals surface area contributed by atoms with Crippen molar-refractivity contribution in [1.82, 2.24) is 15.5 Å². The SMILES string of the molecule is Cc1ccc(N2CC(CNC3CCCC3O)C2)nn1. The lowest BCUT2D eigenvalue weighted by molar-refractivity contribution is 0.145. The summed E-state index contributed by atoms with van der Waals surface area (Å²) < 4.78 is 0. The first kappa shape index (κ1) is 12.8. The van der Waals surface area contributed by atoms with Crippen LogP contribution in [0.5, 0.6) is 0 Å². The molecule has 0 radical (unpaired) electrons. The lowest BCUT2D eigenvalue weighted by Gasteiger charge is -2.40. The Balaban J connectivity index is 1.41. The second-order valence-electron chi connectivity index (χ2n) is 5.82. The van der Waals surface area contributed by atoms with E-state index < -0.39 is 0 Å². The van der Waals surface area contributed by atoms with E-state index in [1.165, 1.54) is 0 Å². The van der Waals surface area contributed by atoms with E-state index >= 15 is 0 Å². The molecule has 1 aliphatic carbocycles. The van der Waals surface area contributed by atoms with Crippen molar-refractivity contribution in [3.8, 4) is 0 Å². The van der Waals surface area contributed by atoms with Crippen molar-refractivity contribution >= 4 is 5.82 Å². The van der Waals surface area contributed by atoms with Gasteiger partial charge >= 0.3 is 0 Å². The van der Waals surface area contributed by atoms with E-state index in [9.17, 15) is 5.11 Å². The number of hydrogen-bond donors (Lipinski definition) is 2. The molecule has 0 spiro atoms. The van der Waals surface area contributed by atoms with Crippen molar-refractivity contribution in [2.45, 2.75) is 38.3 Å². The van der Waals surface area contributed by atoms with Crippen LogP contribution in [-0.2, 0) is 0 Å². The van der Waals surface area contributed by atoms with Gasteiger partial charge < -0.3 is 15.3 Å². The lowest BCUT2D eigenvalue weighted by atomic mass is 9.99. The maximum Gasteiger partial charge on any atom is 0.151 e. The zero-order valence-corrected chi connectivity index (χ0v) is 11.4. The second-order valence-corrected chi connectivity index (χ2v) is 5.82. The molecule has 2 heterocycles. The minimum absolute atomic E-state index is 0.140. The molecule has 1 saturated heterocycles. The van der Waals surface area contributed by atoms with Gasteiger partial charge in [0.05, 0.1) is 11.8 Å². The summed E-state index contributed by atoms with van der Waals surface area (Å²) >= 11 is 0. The van der Waals surface area contributed by atoms with Gasteiger partial charge in [-0.1, -0.05) is 0 Å². The average molecular weight is 262 g/mol. The Kier molecular flexibility index (Phi) is 3.66. The van der Waals surface area contributed by atoms with Crippen LogP contribution in [0.3, 0.4) is 0 Å². The minimum Gasteiger partial charge on any atom is -0.392 e. The highest BCUT2D eigenvalue weighted by Gasteiger charge is 2.30. The molecule has 2 fully saturated rings. The van der Waals surface area contributed by atoms with E-state index in [1.807, 2.05) is 19.1 Å². The van der Waals surface area contributed by atoms with E-state index in [1.54, 1.807) is 0 Å². The molecule has 5 nitrogen and oxygen atoms in total. The Morgan fingerprint density at radius 2 is 2.16 bits per heavy atom. The molecule has 0 aromatic carbocycles. The van der Waals surface area contributed by atoms with Gasteiger partial charge in [0, 0.05) is 31.6 Å². The highest BCUT2D eigenvalue weighted by atomic mass is 16.3. The number of nitrogens with zero attached hydrogens (tertiary/aromatic N) is 3. The van der Waals surface area contributed by atoms with Crippen LogP contribution < -0.4 is 10.2 Å². The Hall–Kier alpha value is -1.20. The summed E-state index contributed by atoms with van der Waals surface area (Å²) in [5.41, 5.74) is 0.956. The van der Waals surface area contributed by atoms with E-state index in [0.29, 0.717) is 12.0 Å². The summed E-state index contributed by atoms with van der Waals surface area (Å²) in [5.74, 6) is 1.64. The van der Waals surface area contributed by atoms with Gasteiger partial charge in [0.2, 0.25) is 0 Å². The van der Waals surface area contributed by atoms with Crippen molar-refractivity contribution in [2.24, 2.45) is 5.92 Å². The number of aromatic nitrogens is 2. The van der Waals surface area contributed by atoms with Gasteiger partial charge in [0.25, 0.3) is 0 Å². The third-order valence-corrected chi connectivity index (χ3v) is 4.21. The highest BCUT2D eigenvalue weighted by molar-refractivity contribution is 5.40. The molecule has 1 aliphatic heterocycles. The fourth-order valence-electron chi connectivity index (χ4n) is 2.94. The quantitative estimate of drug-likeness (QED) is 0.837. The van der Waals surface area contributed by atoms with Gasteiger partial charge in [-0.15, -0.1) is 5.10 Å². The molecule has 104 valence electrons. The zero-order chi connectivity index (χ0) is 13.2. The first-order valence-electron chi connectivity index (χ1n) is 7.19. The van der Waals surface area contributed by atoms with Crippen LogP contribution in [-0.4, -0.2) is 47.1 Å². The van der Waals surface area contributed by atoms with Gasteiger partial charge in [-0.25, -0.2) is 0 Å². The van der Waals surface area contributed by atoms with Gasteiger partial charge in [0.15, 0.2) is 5.82 Å². The third-order valence-electron chi connectivity index (χ3n) is 4.21. The Labute approximate surface area is 114 Å². The number of aryl methyl sites for hydroxylation is 1. The standard InChI is InChI=1S/C14H22N4O/c1-10-5-6-14(17-16-10)18-8-11(9-18)7-15-12-3-2-4-13(12)19/h5-6,11-13,15,19H,2-4,7-9H2,1H3. The number of nitrogens with one attached hydrogen (secondary N) is 1. The molecular weight excluding hydrogens is 240 g/mol.